The van der Waals surface area contributed by atoms with Gasteiger partial charge in [-0.25, -0.2) is 0 Å². The van der Waals surface area contributed by atoms with Crippen LogP contribution in [0.4, 0.5) is 0 Å². The Labute approximate surface area is 311 Å². The molecule has 6 rings (SSSR count). The quantitative estimate of drug-likeness (QED) is 0.113. The second-order valence-electron chi connectivity index (χ2n) is 14.2. The van der Waals surface area contributed by atoms with Gasteiger partial charge in [0.1, 0.15) is 48.8 Å². The molecule has 18 atom stereocenters. The normalized spacial score (nSPS) is 51.8. The van der Waals surface area contributed by atoms with E-state index < -0.39 is 73.4 Å². The zero-order valence-corrected chi connectivity index (χ0v) is 30.6. The van der Waals surface area contributed by atoms with Crippen molar-refractivity contribution < 1.29 is 129 Å². The van der Waals surface area contributed by atoms with Crippen molar-refractivity contribution in [1.82, 2.24) is 0 Å². The van der Waals surface area contributed by atoms with Gasteiger partial charge in [0.15, 0.2) is 12.6 Å². The molecule has 6 aliphatic rings. The Balaban J connectivity index is 0.00000240. The number of carboxylic acid groups (broad SMARTS) is 2. The van der Waals surface area contributed by atoms with Crippen LogP contribution in [0.2, 0.25) is 0 Å². The minimum absolute atomic E-state index is 0. The average molecular weight is 675 g/mol. The zero-order chi connectivity index (χ0) is 31.7. The van der Waals surface area contributed by atoms with Crippen LogP contribution in [0.5, 0.6) is 0 Å². The number of aliphatic carboxylic acids is 2. The number of carbonyl (C=O) groups excluding carboxylic acids is 2. The van der Waals surface area contributed by atoms with Crippen LogP contribution >= 0.6 is 0 Å². The van der Waals surface area contributed by atoms with Gasteiger partial charge < -0.3 is 69.4 Å². The molecule has 250 valence electrons. The largest absolute Gasteiger partial charge is 1.00 e. The molecule has 2 saturated heterocycles. The minimum atomic E-state index is -1.83. The van der Waals surface area contributed by atoms with Crippen molar-refractivity contribution >= 4 is 11.9 Å². The number of hydrogen-bond acceptors (Lipinski definition) is 14. The molecule has 0 aromatic heterocycles. The molecular formula is C30H44Na2O14. The fraction of sp³-hybridized carbons (Fsp3) is 0.933. The maximum Gasteiger partial charge on any atom is 1.00 e. The maximum absolute atomic E-state index is 11.4. The third kappa shape index (κ3) is 7.04. The number of hydrogen-bond donors (Lipinski definition) is 6. The maximum atomic E-state index is 11.4. The fourth-order valence-corrected chi connectivity index (χ4v) is 9.77. The number of carbonyl (C=O) groups is 2. The van der Waals surface area contributed by atoms with Gasteiger partial charge in [-0.05, 0) is 92.8 Å². The van der Waals surface area contributed by atoms with E-state index in [1.807, 2.05) is 0 Å². The third-order valence-corrected chi connectivity index (χ3v) is 12.0. The Bertz CT molecular complexity index is 1090. The third-order valence-electron chi connectivity index (χ3n) is 12.0. The summed E-state index contributed by atoms with van der Waals surface area (Å²) < 4.78 is 22.8. The molecule has 2 aliphatic heterocycles. The second-order valence-corrected chi connectivity index (χ2v) is 14.2. The van der Waals surface area contributed by atoms with Gasteiger partial charge in [0.05, 0.1) is 24.1 Å². The van der Waals surface area contributed by atoms with E-state index in [4.69, 9.17) is 18.9 Å². The van der Waals surface area contributed by atoms with E-state index in [1.54, 1.807) is 0 Å². The molecule has 4 saturated carbocycles. The molecular weight excluding hydrogens is 630 g/mol. The number of rotatable bonds is 6. The first-order valence-corrected chi connectivity index (χ1v) is 15.9. The molecule has 16 heteroatoms. The van der Waals surface area contributed by atoms with E-state index in [1.165, 1.54) is 0 Å². The van der Waals surface area contributed by atoms with Gasteiger partial charge in [0, 0.05) is 0 Å². The Morgan fingerprint density at radius 3 is 1.76 bits per heavy atom. The van der Waals surface area contributed by atoms with Crippen LogP contribution in [-0.4, -0.2) is 116 Å². The van der Waals surface area contributed by atoms with Crippen LogP contribution in [0.1, 0.15) is 64.7 Å². The number of carboxylic acids is 2. The van der Waals surface area contributed by atoms with Gasteiger partial charge in [0.2, 0.25) is 0 Å². The van der Waals surface area contributed by atoms with Crippen molar-refractivity contribution in [3.63, 3.8) is 0 Å². The van der Waals surface area contributed by atoms with Gasteiger partial charge in [-0.15, -0.1) is 0 Å². The summed E-state index contributed by atoms with van der Waals surface area (Å²) in [4.78, 5) is 22.8. The SMILES string of the molecule is C[C@@]12CC[C@H]3[C@@H]4CC[C@@H](OC5OC(C(=O)[O-])C(O)C(O)C5O)C[C@H]4CC[C@@H]3[C@H]1CC[C@@H]2OC1OC(C(=O)[O-])C(O)C(O)C1O.[Na+].[Na+]. The van der Waals surface area contributed by atoms with E-state index in [0.717, 1.165) is 38.5 Å². The Morgan fingerprint density at radius 1 is 0.652 bits per heavy atom. The van der Waals surface area contributed by atoms with Crippen LogP contribution in [0, 0.1) is 35.0 Å². The summed E-state index contributed by atoms with van der Waals surface area (Å²) in [6, 6.07) is 0. The van der Waals surface area contributed by atoms with Crippen molar-refractivity contribution in [2.45, 2.75) is 138 Å². The molecule has 0 aromatic rings. The van der Waals surface area contributed by atoms with E-state index in [9.17, 15) is 50.4 Å². The summed E-state index contributed by atoms with van der Waals surface area (Å²) in [6.07, 6.45) is -9.62. The number of aliphatic hydroxyl groups excluding tert-OH is 6. The van der Waals surface area contributed by atoms with Crippen molar-refractivity contribution in [2.75, 3.05) is 0 Å². The summed E-state index contributed by atoms with van der Waals surface area (Å²) in [7, 11) is 0. The summed E-state index contributed by atoms with van der Waals surface area (Å²) in [5.41, 5.74) is -0.231. The van der Waals surface area contributed by atoms with Crippen LogP contribution in [0.15, 0.2) is 0 Å². The van der Waals surface area contributed by atoms with Gasteiger partial charge in [-0.3, -0.25) is 0 Å². The first kappa shape index (κ1) is 39.3. The predicted molar refractivity (Wildman–Crippen MR) is 140 cm³/mol. The molecule has 6 fully saturated rings. The molecule has 0 amide bonds. The predicted octanol–water partition coefficient (Wildman–Crippen LogP) is -9.47. The Morgan fingerprint density at radius 2 is 1.20 bits per heavy atom. The van der Waals surface area contributed by atoms with Crippen molar-refractivity contribution in [1.29, 1.82) is 0 Å². The summed E-state index contributed by atoms with van der Waals surface area (Å²) >= 11 is 0. The molecule has 0 spiro atoms. The molecule has 6 N–H and O–H groups in total. The zero-order valence-electron chi connectivity index (χ0n) is 26.6. The second kappa shape index (κ2) is 15.4. The van der Waals surface area contributed by atoms with Crippen LogP contribution in [-0.2, 0) is 28.5 Å². The Kier molecular flexibility index (Phi) is 13.2. The first-order chi connectivity index (χ1) is 20.8. The fourth-order valence-electron chi connectivity index (χ4n) is 9.77. The Hall–Kier alpha value is 0.540. The molecule has 0 bridgehead atoms. The van der Waals surface area contributed by atoms with E-state index in [2.05, 4.69) is 6.92 Å². The van der Waals surface area contributed by atoms with Crippen LogP contribution in [0.25, 0.3) is 0 Å². The molecule has 4 aliphatic carbocycles. The average Bonchev–Trinajstić information content (AvgIpc) is 3.32. The molecule has 0 aromatic carbocycles. The summed E-state index contributed by atoms with van der Waals surface area (Å²) in [5.74, 6) is -1.21. The minimum Gasteiger partial charge on any atom is -0.547 e. The van der Waals surface area contributed by atoms with Crippen LogP contribution in [0.3, 0.4) is 0 Å². The van der Waals surface area contributed by atoms with E-state index in [-0.39, 0.29) is 76.7 Å². The van der Waals surface area contributed by atoms with Gasteiger partial charge in [0.25, 0.3) is 0 Å². The first-order valence-electron chi connectivity index (χ1n) is 15.9. The summed E-state index contributed by atoms with van der Waals surface area (Å²) in [6.45, 7) is 2.18. The topological polar surface area (TPSA) is 239 Å². The smallest absolute Gasteiger partial charge is 0.547 e. The standard InChI is InChI=1S/C30H46O14.2Na/c1-30-9-8-14-13-5-3-12(41-28-22(35)18(31)20(33)24(43-28)26(37)38)10-11(13)2-4-15(14)16(30)6-7-17(30)42-29-23(36)19(32)21(34)25(44-29)27(39)40;;/h11-25,28-29,31-36H,2-10H2,1H3,(H,37,38)(H,39,40);;/q;2*+1/p-2/t11-,12-,13-,14+,15+,16-,17+,18?,19?,20?,21?,22?,23?,24?,25?,28?,29?,30-;;/m1../s1. The molecule has 10 unspecified atom stereocenters. The van der Waals surface area contributed by atoms with Gasteiger partial charge in [-0.1, -0.05) is 6.92 Å². The van der Waals surface area contributed by atoms with Crippen molar-refractivity contribution in [3.8, 4) is 0 Å². The van der Waals surface area contributed by atoms with Crippen molar-refractivity contribution in [3.05, 3.63) is 0 Å². The van der Waals surface area contributed by atoms with Crippen molar-refractivity contribution in [2.24, 2.45) is 35.0 Å². The number of ether oxygens (including phenoxy) is 4. The molecule has 2 heterocycles. The number of fused-ring (bicyclic) bond motifs is 5. The molecule has 14 nitrogen and oxygen atoms in total. The molecule has 46 heavy (non-hydrogen) atoms. The monoisotopic (exact) mass is 674 g/mol. The summed E-state index contributed by atoms with van der Waals surface area (Å²) in [5, 5.41) is 84.0. The van der Waals surface area contributed by atoms with Gasteiger partial charge >= 0.3 is 59.1 Å². The van der Waals surface area contributed by atoms with Gasteiger partial charge in [-0.2, -0.15) is 0 Å². The molecule has 0 radical (unpaired) electrons. The number of aliphatic hydroxyl groups is 6. The van der Waals surface area contributed by atoms with E-state index >= 15 is 0 Å². The van der Waals surface area contributed by atoms with E-state index in [0.29, 0.717) is 48.9 Å². The van der Waals surface area contributed by atoms with Crippen LogP contribution < -0.4 is 69.3 Å².